The highest BCUT2D eigenvalue weighted by Crippen LogP contribution is 2.34. The highest BCUT2D eigenvalue weighted by atomic mass is 16.5. The third-order valence-corrected chi connectivity index (χ3v) is 4.59. The quantitative estimate of drug-likeness (QED) is 0.552. The molecular formula is C20H22O8. The number of aliphatic hydroxyl groups is 4. The standard InChI is InChI=1S/C20H22O8/c1-26-20(25)11-5-7-13(8-6-11)27-14-4-2-3-12(9-14)19-18(24)17(23)16(22)15(10-21)28-19/h2-9,15-19,21-24H,10H2,1H3/t15-,16-,17+,18+,19-/m1/s1. The van der Waals surface area contributed by atoms with Crippen LogP contribution in [0.5, 0.6) is 11.5 Å². The minimum Gasteiger partial charge on any atom is -0.465 e. The molecule has 0 amide bonds. The summed E-state index contributed by atoms with van der Waals surface area (Å²) in [6, 6.07) is 13.1. The summed E-state index contributed by atoms with van der Waals surface area (Å²) in [6.45, 7) is -0.496. The number of ether oxygens (including phenoxy) is 3. The molecule has 4 N–H and O–H groups in total. The number of hydrogen-bond donors (Lipinski definition) is 4. The summed E-state index contributed by atoms with van der Waals surface area (Å²) >= 11 is 0. The number of carbonyl (C=O) groups is 1. The topological polar surface area (TPSA) is 126 Å². The fourth-order valence-corrected chi connectivity index (χ4v) is 3.05. The number of carbonyl (C=O) groups excluding carboxylic acids is 1. The van der Waals surface area contributed by atoms with Crippen LogP contribution in [0, 0.1) is 0 Å². The van der Waals surface area contributed by atoms with E-state index in [1.807, 2.05) is 0 Å². The summed E-state index contributed by atoms with van der Waals surface area (Å²) < 4.78 is 16.0. The maximum atomic E-state index is 11.5. The molecule has 1 aliphatic heterocycles. The van der Waals surface area contributed by atoms with E-state index in [4.69, 9.17) is 9.47 Å². The molecule has 3 rings (SSSR count). The lowest BCUT2D eigenvalue weighted by molar-refractivity contribution is -0.231. The largest absolute Gasteiger partial charge is 0.465 e. The first kappa shape index (κ1) is 20.2. The lowest BCUT2D eigenvalue weighted by Crippen LogP contribution is -2.55. The number of esters is 1. The number of methoxy groups -OCH3 is 1. The van der Waals surface area contributed by atoms with Gasteiger partial charge in [-0.05, 0) is 42.0 Å². The molecule has 0 aromatic heterocycles. The minimum atomic E-state index is -1.45. The minimum absolute atomic E-state index is 0.393. The number of hydrogen-bond acceptors (Lipinski definition) is 8. The maximum Gasteiger partial charge on any atom is 0.337 e. The first-order valence-electron chi connectivity index (χ1n) is 8.71. The van der Waals surface area contributed by atoms with Crippen LogP contribution in [0.25, 0.3) is 0 Å². The number of aliphatic hydroxyl groups excluding tert-OH is 4. The van der Waals surface area contributed by atoms with Crippen molar-refractivity contribution in [3.63, 3.8) is 0 Å². The normalized spacial score (nSPS) is 27.2. The first-order valence-corrected chi connectivity index (χ1v) is 8.71. The molecule has 1 aliphatic rings. The predicted octanol–water partition coefficient (Wildman–Crippen LogP) is 0.780. The summed E-state index contributed by atoms with van der Waals surface area (Å²) in [5.41, 5.74) is 0.908. The second-order valence-corrected chi connectivity index (χ2v) is 6.44. The van der Waals surface area contributed by atoms with Gasteiger partial charge in [-0.1, -0.05) is 12.1 Å². The molecule has 0 spiro atoms. The lowest BCUT2D eigenvalue weighted by Gasteiger charge is -2.40. The Balaban J connectivity index is 1.77. The SMILES string of the molecule is COC(=O)c1ccc(Oc2cccc([C@H]3O[C@H](CO)[C@@H](O)[C@H](O)[C@@H]3O)c2)cc1. The first-order chi connectivity index (χ1) is 13.4. The van der Waals surface area contributed by atoms with Crippen LogP contribution in [0.1, 0.15) is 22.0 Å². The van der Waals surface area contributed by atoms with Crippen molar-refractivity contribution < 1.29 is 39.4 Å². The smallest absolute Gasteiger partial charge is 0.337 e. The summed E-state index contributed by atoms with van der Waals surface area (Å²) in [5, 5.41) is 39.4. The van der Waals surface area contributed by atoms with Gasteiger partial charge in [-0.15, -0.1) is 0 Å². The van der Waals surface area contributed by atoms with E-state index in [2.05, 4.69) is 4.74 Å². The van der Waals surface area contributed by atoms with Gasteiger partial charge in [-0.2, -0.15) is 0 Å². The maximum absolute atomic E-state index is 11.5. The van der Waals surface area contributed by atoms with Gasteiger partial charge in [0, 0.05) is 0 Å². The fourth-order valence-electron chi connectivity index (χ4n) is 3.05. The van der Waals surface area contributed by atoms with E-state index in [9.17, 15) is 25.2 Å². The molecule has 1 fully saturated rings. The molecular weight excluding hydrogens is 368 g/mol. The Morgan fingerprint density at radius 2 is 1.71 bits per heavy atom. The van der Waals surface area contributed by atoms with Crippen molar-refractivity contribution in [1.82, 2.24) is 0 Å². The Bertz CT molecular complexity index is 804. The van der Waals surface area contributed by atoms with E-state index in [1.54, 1.807) is 48.5 Å². The van der Waals surface area contributed by atoms with Crippen LogP contribution in [0.15, 0.2) is 48.5 Å². The van der Waals surface area contributed by atoms with Crippen LogP contribution in [-0.2, 0) is 9.47 Å². The highest BCUT2D eigenvalue weighted by molar-refractivity contribution is 5.89. The van der Waals surface area contributed by atoms with Gasteiger partial charge in [0.25, 0.3) is 0 Å². The molecule has 1 saturated heterocycles. The van der Waals surface area contributed by atoms with Crippen molar-refractivity contribution in [2.24, 2.45) is 0 Å². The molecule has 0 saturated carbocycles. The fraction of sp³-hybridized carbons (Fsp3) is 0.350. The van der Waals surface area contributed by atoms with E-state index in [0.717, 1.165) is 0 Å². The predicted molar refractivity (Wildman–Crippen MR) is 97.0 cm³/mol. The zero-order valence-electron chi connectivity index (χ0n) is 15.1. The van der Waals surface area contributed by atoms with Gasteiger partial charge < -0.3 is 34.6 Å². The highest BCUT2D eigenvalue weighted by Gasteiger charge is 2.43. The molecule has 0 unspecified atom stereocenters. The van der Waals surface area contributed by atoms with Crippen molar-refractivity contribution in [2.75, 3.05) is 13.7 Å². The van der Waals surface area contributed by atoms with Gasteiger partial charge in [0.2, 0.25) is 0 Å². The molecule has 0 radical (unpaired) electrons. The van der Waals surface area contributed by atoms with Gasteiger partial charge in [-0.3, -0.25) is 0 Å². The third-order valence-electron chi connectivity index (χ3n) is 4.59. The van der Waals surface area contributed by atoms with Crippen molar-refractivity contribution in [2.45, 2.75) is 30.5 Å². The van der Waals surface area contributed by atoms with Gasteiger partial charge in [0.1, 0.15) is 42.0 Å². The average molecular weight is 390 g/mol. The van der Waals surface area contributed by atoms with Crippen molar-refractivity contribution >= 4 is 5.97 Å². The summed E-state index contributed by atoms with van der Waals surface area (Å²) in [6.07, 6.45) is -6.16. The molecule has 2 aromatic carbocycles. The van der Waals surface area contributed by atoms with Gasteiger partial charge >= 0.3 is 5.97 Å². The Morgan fingerprint density at radius 1 is 1.00 bits per heavy atom. The molecule has 8 heteroatoms. The van der Waals surface area contributed by atoms with Crippen LogP contribution in [-0.4, -0.2) is 64.5 Å². The Morgan fingerprint density at radius 3 is 2.36 bits per heavy atom. The van der Waals surface area contributed by atoms with Crippen LogP contribution in [0.2, 0.25) is 0 Å². The van der Waals surface area contributed by atoms with Crippen molar-refractivity contribution in [3.05, 3.63) is 59.7 Å². The lowest BCUT2D eigenvalue weighted by atomic mass is 9.91. The van der Waals surface area contributed by atoms with Gasteiger partial charge in [0.05, 0.1) is 19.3 Å². The summed E-state index contributed by atoms with van der Waals surface area (Å²) in [5.74, 6) is 0.482. The van der Waals surface area contributed by atoms with Crippen molar-refractivity contribution in [3.8, 4) is 11.5 Å². The molecule has 0 aliphatic carbocycles. The van der Waals surface area contributed by atoms with Crippen LogP contribution in [0.4, 0.5) is 0 Å². The third kappa shape index (κ3) is 4.16. The van der Waals surface area contributed by atoms with Crippen LogP contribution in [0.3, 0.4) is 0 Å². The molecule has 1 heterocycles. The van der Waals surface area contributed by atoms with E-state index in [-0.39, 0.29) is 0 Å². The summed E-state index contributed by atoms with van der Waals surface area (Å²) in [4.78, 5) is 11.5. The zero-order valence-corrected chi connectivity index (χ0v) is 15.1. The van der Waals surface area contributed by atoms with E-state index in [1.165, 1.54) is 7.11 Å². The van der Waals surface area contributed by atoms with Gasteiger partial charge in [0.15, 0.2) is 0 Å². The number of rotatable bonds is 5. The monoisotopic (exact) mass is 390 g/mol. The van der Waals surface area contributed by atoms with Crippen molar-refractivity contribution in [1.29, 1.82) is 0 Å². The molecule has 2 aromatic rings. The molecule has 0 bridgehead atoms. The molecule has 5 atom stereocenters. The molecule has 150 valence electrons. The second kappa shape index (κ2) is 8.68. The average Bonchev–Trinajstić information content (AvgIpc) is 2.72. The summed E-state index contributed by atoms with van der Waals surface area (Å²) in [7, 11) is 1.30. The second-order valence-electron chi connectivity index (χ2n) is 6.44. The van der Waals surface area contributed by atoms with Crippen LogP contribution >= 0.6 is 0 Å². The Hall–Kier alpha value is -2.49. The zero-order chi connectivity index (χ0) is 20.3. The van der Waals surface area contributed by atoms with E-state index >= 15 is 0 Å². The number of benzene rings is 2. The Labute approximate surface area is 161 Å². The Kier molecular flexibility index (Phi) is 6.28. The van der Waals surface area contributed by atoms with Gasteiger partial charge in [-0.25, -0.2) is 4.79 Å². The van der Waals surface area contributed by atoms with Crippen LogP contribution < -0.4 is 4.74 Å². The van der Waals surface area contributed by atoms with E-state index in [0.29, 0.717) is 22.6 Å². The molecule has 8 nitrogen and oxygen atoms in total. The van der Waals surface area contributed by atoms with E-state index < -0.39 is 43.1 Å². The molecule has 28 heavy (non-hydrogen) atoms.